The third-order valence-corrected chi connectivity index (χ3v) is 2.11. The topological polar surface area (TPSA) is 97.1 Å². The van der Waals surface area contributed by atoms with E-state index in [1.807, 2.05) is 6.92 Å². The molecular weight excluding hydrogens is 244 g/mol. The lowest BCUT2D eigenvalue weighted by atomic mass is 10.2. The summed E-state index contributed by atoms with van der Waals surface area (Å²) in [4.78, 5) is 26.8. The number of carbonyl (C=O) groups excluding carboxylic acids is 2. The summed E-state index contributed by atoms with van der Waals surface area (Å²) in [5.74, 6) is 4.86. The number of nitrogens with two attached hydrogens (primary N) is 1. The number of hydrogen-bond donors (Lipinski definition) is 3. The molecule has 100 valence electrons. The average molecular weight is 260 g/mol. The maximum absolute atomic E-state index is 11.7. The zero-order chi connectivity index (χ0) is 14.1. The summed E-state index contributed by atoms with van der Waals surface area (Å²) in [6, 6.07) is 3.23. The molecule has 4 N–H and O–H groups in total. The van der Waals surface area contributed by atoms with Crippen LogP contribution in [0.1, 0.15) is 23.0 Å². The van der Waals surface area contributed by atoms with Crippen LogP contribution in [0.2, 0.25) is 0 Å². The average Bonchev–Trinajstić information content (AvgIpc) is 2.43. The van der Waals surface area contributed by atoms with Gasteiger partial charge in [-0.2, -0.15) is 0 Å². The first-order valence-corrected chi connectivity index (χ1v) is 5.87. The molecule has 0 radical (unpaired) electrons. The third kappa shape index (κ3) is 5.19. The normalized spacial score (nSPS) is 9.16. The Morgan fingerprint density at radius 2 is 2.16 bits per heavy atom. The molecule has 2 amide bonds. The zero-order valence-electron chi connectivity index (χ0n) is 10.7. The summed E-state index contributed by atoms with van der Waals surface area (Å²) in [5.41, 5.74) is 6.18. The van der Waals surface area contributed by atoms with Gasteiger partial charge in [0.05, 0.1) is 13.1 Å². The molecule has 0 saturated heterocycles. The number of nitrogens with one attached hydrogen (secondary N) is 2. The van der Waals surface area contributed by atoms with E-state index in [0.29, 0.717) is 12.1 Å². The first-order chi connectivity index (χ1) is 9.17. The molecule has 0 unspecified atom stereocenters. The van der Waals surface area contributed by atoms with Crippen LogP contribution in [-0.2, 0) is 4.79 Å². The van der Waals surface area contributed by atoms with E-state index in [-0.39, 0.29) is 24.7 Å². The molecule has 1 aromatic rings. The minimum atomic E-state index is -0.399. The van der Waals surface area contributed by atoms with Crippen molar-refractivity contribution in [3.63, 3.8) is 0 Å². The molecule has 0 aliphatic carbocycles. The van der Waals surface area contributed by atoms with Gasteiger partial charge in [0, 0.05) is 18.3 Å². The minimum absolute atomic E-state index is 0.0664. The maximum atomic E-state index is 11.7. The fourth-order valence-corrected chi connectivity index (χ4v) is 1.27. The zero-order valence-corrected chi connectivity index (χ0v) is 10.7. The quantitative estimate of drug-likeness (QED) is 0.621. The van der Waals surface area contributed by atoms with Crippen molar-refractivity contribution in [1.82, 2.24) is 15.6 Å². The number of nitrogens with zero attached hydrogens (tertiary/aromatic N) is 1. The Hall–Kier alpha value is -2.39. The fraction of sp³-hybridized carbons (Fsp3) is 0.308. The standard InChI is InChI=1S/C13H16N4O2/c1-2-15-12(18)9-17-13(19)11-6-5-10(8-16-11)4-3-7-14/h5-6,8H,2,7,9,14H2,1H3,(H,15,18)(H,17,19). The highest BCUT2D eigenvalue weighted by Crippen LogP contribution is 1.98. The highest BCUT2D eigenvalue weighted by atomic mass is 16.2. The Kier molecular flexibility index (Phi) is 6.06. The summed E-state index contributed by atoms with van der Waals surface area (Å²) in [6.45, 7) is 2.54. The van der Waals surface area contributed by atoms with Crippen LogP contribution in [0, 0.1) is 11.8 Å². The van der Waals surface area contributed by atoms with E-state index < -0.39 is 5.91 Å². The summed E-state index contributed by atoms with van der Waals surface area (Å²) in [7, 11) is 0. The second kappa shape index (κ2) is 7.84. The van der Waals surface area contributed by atoms with E-state index in [4.69, 9.17) is 5.73 Å². The lowest BCUT2D eigenvalue weighted by molar-refractivity contribution is -0.120. The van der Waals surface area contributed by atoms with Gasteiger partial charge in [0.25, 0.3) is 5.91 Å². The van der Waals surface area contributed by atoms with E-state index in [0.717, 1.165) is 0 Å². The van der Waals surface area contributed by atoms with Crippen molar-refractivity contribution in [2.24, 2.45) is 5.73 Å². The molecule has 1 rings (SSSR count). The molecule has 0 fully saturated rings. The van der Waals surface area contributed by atoms with Crippen molar-refractivity contribution in [3.8, 4) is 11.8 Å². The summed E-state index contributed by atoms with van der Waals surface area (Å²) in [5, 5.41) is 5.06. The van der Waals surface area contributed by atoms with Crippen LogP contribution in [0.4, 0.5) is 0 Å². The Morgan fingerprint density at radius 1 is 1.37 bits per heavy atom. The molecule has 1 aromatic heterocycles. The summed E-state index contributed by atoms with van der Waals surface area (Å²) < 4.78 is 0. The van der Waals surface area contributed by atoms with Crippen LogP contribution in [0.5, 0.6) is 0 Å². The lowest BCUT2D eigenvalue weighted by Gasteiger charge is -2.04. The van der Waals surface area contributed by atoms with Crippen LogP contribution >= 0.6 is 0 Å². The van der Waals surface area contributed by atoms with Crippen LogP contribution in [0.15, 0.2) is 18.3 Å². The number of likely N-dealkylation sites (N-methyl/N-ethyl adjacent to an activating group) is 1. The molecule has 1 heterocycles. The molecule has 0 spiro atoms. The molecular formula is C13H16N4O2. The van der Waals surface area contributed by atoms with Gasteiger partial charge in [-0.1, -0.05) is 11.8 Å². The van der Waals surface area contributed by atoms with Crippen molar-refractivity contribution in [3.05, 3.63) is 29.6 Å². The second-order valence-corrected chi connectivity index (χ2v) is 3.57. The van der Waals surface area contributed by atoms with Gasteiger partial charge in [-0.25, -0.2) is 4.98 Å². The molecule has 6 heteroatoms. The van der Waals surface area contributed by atoms with Gasteiger partial charge in [-0.05, 0) is 19.1 Å². The SMILES string of the molecule is CCNC(=O)CNC(=O)c1ccc(C#CCN)cn1. The van der Waals surface area contributed by atoms with Gasteiger partial charge >= 0.3 is 0 Å². The predicted molar refractivity (Wildman–Crippen MR) is 71.2 cm³/mol. The van der Waals surface area contributed by atoms with Gasteiger partial charge in [-0.3, -0.25) is 9.59 Å². The molecule has 0 atom stereocenters. The molecule has 0 aliphatic rings. The van der Waals surface area contributed by atoms with E-state index >= 15 is 0 Å². The number of carbonyl (C=O) groups is 2. The molecule has 6 nitrogen and oxygen atoms in total. The number of amides is 2. The van der Waals surface area contributed by atoms with Crippen LogP contribution in [0.25, 0.3) is 0 Å². The van der Waals surface area contributed by atoms with E-state index in [2.05, 4.69) is 27.5 Å². The monoisotopic (exact) mass is 260 g/mol. The Balaban J connectivity index is 2.55. The number of pyridine rings is 1. The van der Waals surface area contributed by atoms with Crippen LogP contribution in [-0.4, -0.2) is 36.4 Å². The molecule has 0 aromatic carbocycles. The summed E-state index contributed by atoms with van der Waals surface area (Å²) >= 11 is 0. The third-order valence-electron chi connectivity index (χ3n) is 2.11. The van der Waals surface area contributed by atoms with Crippen LogP contribution < -0.4 is 16.4 Å². The number of aromatic nitrogens is 1. The van der Waals surface area contributed by atoms with Crippen LogP contribution in [0.3, 0.4) is 0 Å². The maximum Gasteiger partial charge on any atom is 0.270 e. The van der Waals surface area contributed by atoms with Crippen molar-refractivity contribution in [2.45, 2.75) is 6.92 Å². The van der Waals surface area contributed by atoms with Gasteiger partial charge in [0.15, 0.2) is 0 Å². The largest absolute Gasteiger partial charge is 0.355 e. The van der Waals surface area contributed by atoms with Gasteiger partial charge < -0.3 is 16.4 Å². The van der Waals surface area contributed by atoms with E-state index in [1.165, 1.54) is 6.20 Å². The van der Waals surface area contributed by atoms with Crippen molar-refractivity contribution in [2.75, 3.05) is 19.6 Å². The van der Waals surface area contributed by atoms with Gasteiger partial charge in [-0.15, -0.1) is 0 Å². The fourth-order valence-electron chi connectivity index (χ4n) is 1.27. The van der Waals surface area contributed by atoms with Gasteiger partial charge in [0.2, 0.25) is 5.91 Å². The highest BCUT2D eigenvalue weighted by molar-refractivity contribution is 5.94. The Labute approximate surface area is 111 Å². The van der Waals surface area contributed by atoms with Crippen molar-refractivity contribution in [1.29, 1.82) is 0 Å². The summed E-state index contributed by atoms with van der Waals surface area (Å²) in [6.07, 6.45) is 1.49. The molecule has 19 heavy (non-hydrogen) atoms. The molecule has 0 aliphatic heterocycles. The minimum Gasteiger partial charge on any atom is -0.355 e. The second-order valence-electron chi connectivity index (χ2n) is 3.57. The first-order valence-electron chi connectivity index (χ1n) is 5.87. The smallest absolute Gasteiger partial charge is 0.270 e. The van der Waals surface area contributed by atoms with Crippen molar-refractivity contribution >= 4 is 11.8 Å². The number of hydrogen-bond acceptors (Lipinski definition) is 4. The molecule has 0 bridgehead atoms. The number of rotatable bonds is 4. The Morgan fingerprint density at radius 3 is 2.74 bits per heavy atom. The van der Waals surface area contributed by atoms with E-state index in [9.17, 15) is 9.59 Å². The predicted octanol–water partition coefficient (Wildman–Crippen LogP) is -0.742. The van der Waals surface area contributed by atoms with Crippen molar-refractivity contribution < 1.29 is 9.59 Å². The van der Waals surface area contributed by atoms with E-state index in [1.54, 1.807) is 12.1 Å². The van der Waals surface area contributed by atoms with Gasteiger partial charge in [0.1, 0.15) is 5.69 Å². The molecule has 0 saturated carbocycles. The lowest BCUT2D eigenvalue weighted by Crippen LogP contribution is -2.37. The Bertz CT molecular complexity index is 500. The first kappa shape index (κ1) is 14.7. The highest BCUT2D eigenvalue weighted by Gasteiger charge is 2.08.